The Morgan fingerprint density at radius 1 is 1.14 bits per heavy atom. The molecule has 3 amide bonds. The normalized spacial score (nSPS) is 15.6. The highest BCUT2D eigenvalue weighted by Crippen LogP contribution is 2.23. The zero-order valence-corrected chi connectivity index (χ0v) is 18.1. The molecule has 1 aliphatic rings. The highest BCUT2D eigenvalue weighted by Gasteiger charge is 2.31. The van der Waals surface area contributed by atoms with Gasteiger partial charge in [-0.15, -0.1) is 0 Å². The Morgan fingerprint density at radius 2 is 1.72 bits per heavy atom. The molecule has 29 heavy (non-hydrogen) atoms. The quantitative estimate of drug-likeness (QED) is 0.740. The molecule has 8 nitrogen and oxygen atoms in total. The van der Waals surface area contributed by atoms with Gasteiger partial charge in [-0.05, 0) is 38.5 Å². The summed E-state index contributed by atoms with van der Waals surface area (Å²) in [6.07, 6.45) is -1.59. The molecule has 1 aromatic carbocycles. The van der Waals surface area contributed by atoms with Crippen LogP contribution in [0, 0.1) is 0 Å². The molecule has 10 heteroatoms. The standard InChI is InChI=1S/C19H25Cl2N3O5/c1-19(2,3)29-17(26)22-15(10-12-4-5-13(20)11-14(12)21)16(25)23-6-8-24(9-7-23)18(27)28/h4-5,11,15H,6-10H2,1-3H3,(H,22,26)(H,27,28). The number of carbonyl (C=O) groups excluding carboxylic acids is 2. The van der Waals surface area contributed by atoms with Gasteiger partial charge in [-0.2, -0.15) is 0 Å². The number of carboxylic acid groups (broad SMARTS) is 1. The third-order valence-corrected chi connectivity index (χ3v) is 4.88. The molecule has 1 saturated heterocycles. The van der Waals surface area contributed by atoms with Crippen molar-refractivity contribution in [1.29, 1.82) is 0 Å². The summed E-state index contributed by atoms with van der Waals surface area (Å²) in [7, 11) is 0. The number of halogens is 2. The fraction of sp³-hybridized carbons (Fsp3) is 0.526. The fourth-order valence-electron chi connectivity index (χ4n) is 2.90. The van der Waals surface area contributed by atoms with E-state index in [1.807, 2.05) is 0 Å². The molecule has 1 heterocycles. The van der Waals surface area contributed by atoms with E-state index in [0.29, 0.717) is 15.6 Å². The summed E-state index contributed by atoms with van der Waals surface area (Å²) in [6, 6.07) is 4.01. The van der Waals surface area contributed by atoms with E-state index in [1.54, 1.807) is 39.0 Å². The van der Waals surface area contributed by atoms with Crippen LogP contribution < -0.4 is 5.32 Å². The predicted octanol–water partition coefficient (Wildman–Crippen LogP) is 3.25. The molecule has 1 aromatic rings. The first-order valence-corrected chi connectivity index (χ1v) is 9.92. The fourth-order valence-corrected chi connectivity index (χ4v) is 3.38. The molecule has 1 atom stereocenters. The van der Waals surface area contributed by atoms with Gasteiger partial charge in [0, 0.05) is 42.6 Å². The van der Waals surface area contributed by atoms with Crippen LogP contribution in [-0.2, 0) is 16.0 Å². The molecular formula is C19H25Cl2N3O5. The van der Waals surface area contributed by atoms with Crippen LogP contribution in [0.15, 0.2) is 18.2 Å². The smallest absolute Gasteiger partial charge is 0.408 e. The molecular weight excluding hydrogens is 421 g/mol. The second kappa shape index (κ2) is 9.54. The van der Waals surface area contributed by atoms with Gasteiger partial charge in [-0.25, -0.2) is 9.59 Å². The Balaban J connectivity index is 2.16. The third-order valence-electron chi connectivity index (χ3n) is 4.29. The lowest BCUT2D eigenvalue weighted by Crippen LogP contribution is -2.56. The van der Waals surface area contributed by atoms with Crippen molar-refractivity contribution in [3.63, 3.8) is 0 Å². The summed E-state index contributed by atoms with van der Waals surface area (Å²) >= 11 is 12.2. The Labute approximate surface area is 179 Å². The monoisotopic (exact) mass is 445 g/mol. The van der Waals surface area contributed by atoms with Crippen LogP contribution in [0.25, 0.3) is 0 Å². The van der Waals surface area contributed by atoms with Crippen molar-refractivity contribution in [1.82, 2.24) is 15.1 Å². The second-order valence-electron chi connectivity index (χ2n) is 7.73. The maximum Gasteiger partial charge on any atom is 0.408 e. The summed E-state index contributed by atoms with van der Waals surface area (Å²) in [5.41, 5.74) is -0.0717. The van der Waals surface area contributed by atoms with Gasteiger partial charge in [-0.1, -0.05) is 29.3 Å². The molecule has 1 unspecified atom stereocenters. The van der Waals surface area contributed by atoms with Crippen LogP contribution in [0.1, 0.15) is 26.3 Å². The van der Waals surface area contributed by atoms with E-state index in [0.717, 1.165) is 0 Å². The van der Waals surface area contributed by atoms with Crippen molar-refractivity contribution < 1.29 is 24.2 Å². The molecule has 2 rings (SSSR count). The van der Waals surface area contributed by atoms with E-state index in [2.05, 4.69) is 5.32 Å². The zero-order valence-electron chi connectivity index (χ0n) is 16.6. The van der Waals surface area contributed by atoms with E-state index in [4.69, 9.17) is 33.0 Å². The van der Waals surface area contributed by atoms with Crippen LogP contribution in [0.2, 0.25) is 10.0 Å². The average molecular weight is 446 g/mol. The lowest BCUT2D eigenvalue weighted by Gasteiger charge is -2.35. The van der Waals surface area contributed by atoms with E-state index >= 15 is 0 Å². The lowest BCUT2D eigenvalue weighted by atomic mass is 10.0. The number of carbonyl (C=O) groups is 3. The van der Waals surface area contributed by atoms with Crippen molar-refractivity contribution >= 4 is 41.3 Å². The summed E-state index contributed by atoms with van der Waals surface area (Å²) in [5, 5.41) is 12.5. The van der Waals surface area contributed by atoms with Crippen LogP contribution in [0.3, 0.4) is 0 Å². The number of ether oxygens (including phenoxy) is 1. The summed E-state index contributed by atoms with van der Waals surface area (Å²) < 4.78 is 5.28. The van der Waals surface area contributed by atoms with Crippen molar-refractivity contribution in [2.45, 2.75) is 38.8 Å². The maximum atomic E-state index is 13.1. The number of nitrogens with one attached hydrogen (secondary N) is 1. The molecule has 2 N–H and O–H groups in total. The summed E-state index contributed by atoms with van der Waals surface area (Å²) in [5.74, 6) is -0.327. The first kappa shape index (κ1) is 23.1. The molecule has 0 spiro atoms. The van der Waals surface area contributed by atoms with Gasteiger partial charge < -0.3 is 25.0 Å². The van der Waals surface area contributed by atoms with E-state index in [1.165, 1.54) is 9.80 Å². The first-order valence-electron chi connectivity index (χ1n) is 9.16. The average Bonchev–Trinajstić information content (AvgIpc) is 2.61. The minimum Gasteiger partial charge on any atom is -0.465 e. The van der Waals surface area contributed by atoms with Gasteiger partial charge in [-0.3, -0.25) is 4.79 Å². The van der Waals surface area contributed by atoms with Gasteiger partial charge in [0.1, 0.15) is 11.6 Å². The maximum absolute atomic E-state index is 13.1. The van der Waals surface area contributed by atoms with E-state index in [-0.39, 0.29) is 38.5 Å². The Hall–Kier alpha value is -2.19. The minimum absolute atomic E-state index is 0.146. The Bertz CT molecular complexity index is 774. The molecule has 1 aliphatic heterocycles. The lowest BCUT2D eigenvalue weighted by molar-refractivity contribution is -0.135. The Kier molecular flexibility index (Phi) is 7.60. The first-order chi connectivity index (χ1) is 13.5. The molecule has 0 saturated carbocycles. The van der Waals surface area contributed by atoms with Crippen molar-refractivity contribution in [2.24, 2.45) is 0 Å². The van der Waals surface area contributed by atoms with Crippen molar-refractivity contribution in [3.05, 3.63) is 33.8 Å². The van der Waals surface area contributed by atoms with Crippen LogP contribution in [0.5, 0.6) is 0 Å². The third kappa shape index (κ3) is 6.97. The van der Waals surface area contributed by atoms with Gasteiger partial charge in [0.25, 0.3) is 0 Å². The van der Waals surface area contributed by atoms with Gasteiger partial charge >= 0.3 is 12.2 Å². The number of nitrogens with zero attached hydrogens (tertiary/aromatic N) is 2. The minimum atomic E-state index is -1.02. The molecule has 1 fully saturated rings. The van der Waals surface area contributed by atoms with Crippen LogP contribution in [0.4, 0.5) is 9.59 Å². The summed E-state index contributed by atoms with van der Waals surface area (Å²) in [4.78, 5) is 39.2. The number of alkyl carbamates (subject to hydrolysis) is 1. The number of benzene rings is 1. The highest BCUT2D eigenvalue weighted by molar-refractivity contribution is 6.35. The molecule has 0 bridgehead atoms. The second-order valence-corrected chi connectivity index (χ2v) is 8.58. The molecule has 0 aromatic heterocycles. The molecule has 0 radical (unpaired) electrons. The van der Waals surface area contributed by atoms with E-state index < -0.39 is 23.8 Å². The van der Waals surface area contributed by atoms with Crippen molar-refractivity contribution in [3.8, 4) is 0 Å². The number of rotatable bonds is 4. The number of hydrogen-bond donors (Lipinski definition) is 2. The predicted molar refractivity (Wildman–Crippen MR) is 110 cm³/mol. The molecule has 0 aliphatic carbocycles. The summed E-state index contributed by atoms with van der Waals surface area (Å²) in [6.45, 7) is 6.08. The number of hydrogen-bond acceptors (Lipinski definition) is 4. The van der Waals surface area contributed by atoms with Gasteiger partial charge in [0.05, 0.1) is 0 Å². The SMILES string of the molecule is CC(C)(C)OC(=O)NC(Cc1ccc(Cl)cc1Cl)C(=O)N1CCN(C(=O)O)CC1. The Morgan fingerprint density at radius 3 is 2.24 bits per heavy atom. The highest BCUT2D eigenvalue weighted by atomic mass is 35.5. The van der Waals surface area contributed by atoms with E-state index in [9.17, 15) is 14.4 Å². The van der Waals surface area contributed by atoms with Crippen LogP contribution >= 0.6 is 23.2 Å². The number of piperazine rings is 1. The van der Waals surface area contributed by atoms with Crippen molar-refractivity contribution in [2.75, 3.05) is 26.2 Å². The van der Waals surface area contributed by atoms with Crippen LogP contribution in [-0.4, -0.2) is 70.8 Å². The molecule has 160 valence electrons. The van der Waals surface area contributed by atoms with Gasteiger partial charge in [0.2, 0.25) is 5.91 Å². The largest absolute Gasteiger partial charge is 0.465 e. The topological polar surface area (TPSA) is 99.2 Å². The van der Waals surface area contributed by atoms with Gasteiger partial charge in [0.15, 0.2) is 0 Å². The zero-order chi connectivity index (χ0) is 21.8. The number of amides is 3.